The van der Waals surface area contributed by atoms with Crippen LogP contribution in [0, 0.1) is 18.4 Å². The van der Waals surface area contributed by atoms with Crippen LogP contribution in [0.25, 0.3) is 10.8 Å². The van der Waals surface area contributed by atoms with Gasteiger partial charge in [0.2, 0.25) is 0 Å². The number of hydrogen-bond acceptors (Lipinski definition) is 8. The molecule has 0 bridgehead atoms. The zero-order chi connectivity index (χ0) is 37.3. The van der Waals surface area contributed by atoms with Crippen LogP contribution in [0.3, 0.4) is 0 Å². The van der Waals surface area contributed by atoms with Gasteiger partial charge in [-0.25, -0.2) is 0 Å². The Morgan fingerprint density at radius 1 is 0.868 bits per heavy atom. The molecule has 1 aliphatic rings. The molecule has 0 spiro atoms. The van der Waals surface area contributed by atoms with Gasteiger partial charge in [0.05, 0.1) is 26.4 Å². The predicted molar refractivity (Wildman–Crippen MR) is 206 cm³/mol. The molecule has 1 aromatic heterocycles. The molecule has 0 radical (unpaired) electrons. The molecule has 274 valence electrons. The standard InChI is InChI=1S/C44H46N2O7/c1-52-42-22-28(9-11-38(42)48)19-35(20-29-13-16-45-26-29)40(50)25-41(51)36(21-30-14-17-46-27-30)23-33-10-12-39(49)44(53-2)37(33)24-34-8-4-6-31-5-3-7-32(15-18-47)43(31)34/h3-14,16-17,22,26-27,35-36,41,47-49,51H,15,18-21,23-25H2,1-2H3/t35-,36+,41+/m0/s1. The quantitative estimate of drug-likeness (QED) is 0.0755. The number of aromatic nitrogens is 1. The van der Waals surface area contributed by atoms with Crippen molar-refractivity contribution in [2.75, 3.05) is 20.8 Å². The molecule has 4 N–H and O–H groups in total. The molecule has 0 unspecified atom stereocenters. The molecule has 0 fully saturated rings. The van der Waals surface area contributed by atoms with Crippen LogP contribution in [0.15, 0.2) is 102 Å². The number of aliphatic hydroxyl groups is 2. The Bertz CT molecular complexity index is 2080. The van der Waals surface area contributed by atoms with Crippen LogP contribution in [0.1, 0.15) is 46.2 Å². The van der Waals surface area contributed by atoms with E-state index >= 15 is 0 Å². The third kappa shape index (κ3) is 8.93. The Balaban J connectivity index is 1.31. The summed E-state index contributed by atoms with van der Waals surface area (Å²) in [7, 11) is 3.02. The van der Waals surface area contributed by atoms with Crippen LogP contribution in [0.2, 0.25) is 0 Å². The van der Waals surface area contributed by atoms with Crippen LogP contribution in [0.4, 0.5) is 0 Å². The Hall–Kier alpha value is -5.51. The van der Waals surface area contributed by atoms with Gasteiger partial charge in [-0.3, -0.25) is 4.79 Å². The van der Waals surface area contributed by atoms with Gasteiger partial charge in [0.15, 0.2) is 29.2 Å². The summed E-state index contributed by atoms with van der Waals surface area (Å²) in [5.41, 5.74) is 6.47. The Kier molecular flexibility index (Phi) is 12.2. The average Bonchev–Trinajstić information content (AvgIpc) is 3.88. The number of aliphatic imine (C=N–C) groups is 1. The summed E-state index contributed by atoms with van der Waals surface area (Å²) in [4.78, 5) is 22.6. The lowest BCUT2D eigenvalue weighted by molar-refractivity contribution is -0.125. The summed E-state index contributed by atoms with van der Waals surface area (Å²) < 4.78 is 11.1. The van der Waals surface area contributed by atoms with Gasteiger partial charge in [0.1, 0.15) is 17.9 Å². The lowest BCUT2D eigenvalue weighted by Gasteiger charge is -2.26. The SMILES string of the molecule is COc1cc(C[C@@H](CC2=C[CH+]N=C2)C(=O)C[C@@H](O)[C@H](Cc2cc[n-]c2)Cc2ccc(O)c(OC)c2Cc2cccc3cccc(CCO)c23)ccc1O. The van der Waals surface area contributed by atoms with Crippen molar-refractivity contribution in [3.63, 3.8) is 0 Å². The second-order valence-electron chi connectivity index (χ2n) is 13.7. The Labute approximate surface area is 310 Å². The number of aliphatic hydroxyl groups excluding tert-OH is 2. The summed E-state index contributed by atoms with van der Waals surface area (Å²) >= 11 is 0. The van der Waals surface area contributed by atoms with Gasteiger partial charge in [0, 0.05) is 37.4 Å². The molecule has 0 saturated carbocycles. The normalized spacial score (nSPS) is 14.1. The molecule has 9 heteroatoms. The largest absolute Gasteiger partial charge is 0.670 e. The van der Waals surface area contributed by atoms with E-state index < -0.39 is 12.0 Å². The molecule has 4 aromatic carbocycles. The van der Waals surface area contributed by atoms with Crippen LogP contribution < -0.4 is 14.5 Å². The number of hydrogen-bond donors (Lipinski definition) is 4. The van der Waals surface area contributed by atoms with E-state index in [0.717, 1.165) is 49.7 Å². The molecule has 1 aliphatic heterocycles. The molecule has 3 atom stereocenters. The van der Waals surface area contributed by atoms with Crippen molar-refractivity contribution in [2.24, 2.45) is 16.8 Å². The first-order valence-electron chi connectivity index (χ1n) is 17.9. The van der Waals surface area contributed by atoms with Crippen LogP contribution in [-0.2, 0) is 36.9 Å². The number of fused-ring (bicyclic) bond motifs is 1. The molecule has 2 heterocycles. The number of ether oxygens (including phenoxy) is 2. The highest BCUT2D eigenvalue weighted by Crippen LogP contribution is 2.38. The van der Waals surface area contributed by atoms with E-state index in [1.54, 1.807) is 49.4 Å². The smallest absolute Gasteiger partial charge is 0.176 e. The number of rotatable bonds is 18. The highest BCUT2D eigenvalue weighted by Gasteiger charge is 2.31. The first-order chi connectivity index (χ1) is 25.8. The molecule has 0 saturated heterocycles. The number of allylic oxidation sites excluding steroid dienone is 1. The number of carbonyl (C=O) groups is 1. The van der Waals surface area contributed by atoms with Gasteiger partial charge in [-0.2, -0.15) is 12.4 Å². The van der Waals surface area contributed by atoms with Gasteiger partial charge in [0.25, 0.3) is 0 Å². The summed E-state index contributed by atoms with van der Waals surface area (Å²) in [5.74, 6) is -0.156. The first-order valence-corrected chi connectivity index (χ1v) is 17.9. The third-order valence-corrected chi connectivity index (χ3v) is 10.2. The minimum absolute atomic E-state index is 0.0188. The van der Waals surface area contributed by atoms with Gasteiger partial charge >= 0.3 is 0 Å². The molecule has 6 rings (SSSR count). The van der Waals surface area contributed by atoms with Crippen LogP contribution >= 0.6 is 0 Å². The van der Waals surface area contributed by atoms with Crippen molar-refractivity contribution in [3.05, 3.63) is 137 Å². The summed E-state index contributed by atoms with van der Waals surface area (Å²) in [6.45, 7) is 1.73. The van der Waals surface area contributed by atoms with E-state index in [2.05, 4.69) is 28.2 Å². The van der Waals surface area contributed by atoms with Crippen molar-refractivity contribution in [1.29, 1.82) is 0 Å². The molecule has 5 aromatic rings. The second-order valence-corrected chi connectivity index (χ2v) is 13.7. The number of phenolic OH excluding ortho intramolecular Hbond substituents is 2. The maximum Gasteiger partial charge on any atom is 0.176 e. The molecule has 53 heavy (non-hydrogen) atoms. The zero-order valence-corrected chi connectivity index (χ0v) is 30.1. The van der Waals surface area contributed by atoms with E-state index in [9.17, 15) is 25.2 Å². The number of methoxy groups -OCH3 is 2. The minimum atomic E-state index is -0.992. The average molecular weight is 715 g/mol. The molecule has 0 aliphatic carbocycles. The van der Waals surface area contributed by atoms with E-state index in [0.29, 0.717) is 50.0 Å². The number of phenols is 2. The second kappa shape index (κ2) is 17.3. The Morgan fingerprint density at radius 3 is 2.36 bits per heavy atom. The molecule has 9 nitrogen and oxygen atoms in total. The maximum atomic E-state index is 14.2. The number of ketones is 1. The fourth-order valence-electron chi connectivity index (χ4n) is 7.51. The number of Topliss-reactive ketones (excluding diaryl/α,β-unsaturated/α-hetero) is 1. The van der Waals surface area contributed by atoms with Gasteiger partial charge < -0.3 is 34.9 Å². The fourth-order valence-corrected chi connectivity index (χ4v) is 7.51. The van der Waals surface area contributed by atoms with Crippen molar-refractivity contribution in [1.82, 2.24) is 4.98 Å². The number of aromatic hydroxyl groups is 2. The third-order valence-electron chi connectivity index (χ3n) is 10.2. The molecule has 0 amide bonds. The van der Waals surface area contributed by atoms with Gasteiger partial charge in [-0.15, -0.1) is 4.99 Å². The van der Waals surface area contributed by atoms with Gasteiger partial charge in [-0.05, 0) is 82.8 Å². The first kappa shape index (κ1) is 37.3. The lowest BCUT2D eigenvalue weighted by Crippen LogP contribution is -2.31. The van der Waals surface area contributed by atoms with Gasteiger partial charge in [-0.1, -0.05) is 60.2 Å². The van der Waals surface area contributed by atoms with Crippen molar-refractivity contribution >= 4 is 22.8 Å². The van der Waals surface area contributed by atoms with Crippen LogP contribution in [-0.4, -0.2) is 59.4 Å². The van der Waals surface area contributed by atoms with E-state index in [1.165, 1.54) is 14.2 Å². The van der Waals surface area contributed by atoms with Crippen molar-refractivity contribution in [3.8, 4) is 23.0 Å². The maximum absolute atomic E-state index is 14.2. The number of nitrogens with zero attached hydrogens (tertiary/aromatic N) is 2. The topological polar surface area (TPSA) is 143 Å². The zero-order valence-electron chi connectivity index (χ0n) is 30.1. The number of benzene rings is 4. The van der Waals surface area contributed by atoms with E-state index in [4.69, 9.17) is 9.47 Å². The fraction of sp³-hybridized carbons (Fsp3) is 0.295. The van der Waals surface area contributed by atoms with Crippen molar-refractivity contribution < 1.29 is 34.7 Å². The molecular weight excluding hydrogens is 668 g/mol. The summed E-state index contributed by atoms with van der Waals surface area (Å²) in [6, 6.07) is 22.7. The minimum Gasteiger partial charge on any atom is -0.670 e. The Morgan fingerprint density at radius 2 is 1.66 bits per heavy atom. The van der Waals surface area contributed by atoms with E-state index in [1.807, 2.05) is 36.4 Å². The van der Waals surface area contributed by atoms with Crippen molar-refractivity contribution in [2.45, 2.75) is 51.0 Å². The monoisotopic (exact) mass is 714 g/mol. The van der Waals surface area contributed by atoms with Crippen LogP contribution in [0.5, 0.6) is 23.0 Å². The predicted octanol–water partition coefficient (Wildman–Crippen LogP) is 6.49. The molecular formula is C44H46N2O7. The number of carbonyl (C=O) groups excluding carboxylic acids is 1. The summed E-state index contributed by atoms with van der Waals surface area (Å²) in [5, 5.41) is 45.0. The van der Waals surface area contributed by atoms with E-state index in [-0.39, 0.29) is 36.2 Å². The lowest BCUT2D eigenvalue weighted by atomic mass is 9.81. The summed E-state index contributed by atoms with van der Waals surface area (Å²) in [6.07, 6.45) is 8.79. The highest BCUT2D eigenvalue weighted by molar-refractivity contribution is 5.89. The highest BCUT2D eigenvalue weighted by atomic mass is 16.5.